The van der Waals surface area contributed by atoms with Gasteiger partial charge in [-0.25, -0.2) is 13.1 Å². The Hall–Kier alpha value is -2.38. The summed E-state index contributed by atoms with van der Waals surface area (Å²) in [5.74, 6) is 0.432. The fraction of sp³-hybridized carbons (Fsp3) is 0.381. The molecule has 0 aliphatic carbocycles. The second-order valence-corrected chi connectivity index (χ2v) is 9.15. The van der Waals surface area contributed by atoms with Gasteiger partial charge in [0.1, 0.15) is 5.75 Å². The predicted molar refractivity (Wildman–Crippen MR) is 110 cm³/mol. The van der Waals surface area contributed by atoms with Gasteiger partial charge in [-0.1, -0.05) is 32.9 Å². The highest BCUT2D eigenvalue weighted by molar-refractivity contribution is 7.89. The van der Waals surface area contributed by atoms with E-state index in [9.17, 15) is 13.2 Å². The van der Waals surface area contributed by atoms with Crippen molar-refractivity contribution in [3.63, 3.8) is 0 Å². The molecule has 0 radical (unpaired) electrons. The number of hydrogen-bond acceptors (Lipinski definition) is 4. The molecule has 0 heterocycles. The summed E-state index contributed by atoms with van der Waals surface area (Å²) in [6, 6.07) is 13.6. The van der Waals surface area contributed by atoms with Crippen molar-refractivity contribution in [2.45, 2.75) is 38.0 Å². The lowest BCUT2D eigenvalue weighted by Gasteiger charge is -2.19. The maximum absolute atomic E-state index is 12.4. The summed E-state index contributed by atoms with van der Waals surface area (Å²) in [5.41, 5.74) is 1.51. The second-order valence-electron chi connectivity index (χ2n) is 7.39. The van der Waals surface area contributed by atoms with Gasteiger partial charge in [-0.3, -0.25) is 4.79 Å². The molecule has 0 aliphatic rings. The van der Waals surface area contributed by atoms with E-state index in [4.69, 9.17) is 4.74 Å². The first-order chi connectivity index (χ1) is 13.1. The molecule has 2 aromatic rings. The van der Waals surface area contributed by atoms with Crippen LogP contribution < -0.4 is 14.8 Å². The molecule has 0 spiro atoms. The highest BCUT2D eigenvalue weighted by Gasteiger charge is 2.17. The summed E-state index contributed by atoms with van der Waals surface area (Å²) in [7, 11) is -3.61. The summed E-state index contributed by atoms with van der Waals surface area (Å²) in [4.78, 5) is 12.3. The third-order valence-corrected chi connectivity index (χ3v) is 5.64. The molecule has 2 N–H and O–H groups in total. The molecule has 2 rings (SSSR count). The van der Waals surface area contributed by atoms with Crippen LogP contribution in [0.15, 0.2) is 53.4 Å². The highest BCUT2D eigenvalue weighted by Crippen LogP contribution is 2.23. The number of ether oxygens (including phenoxy) is 1. The molecule has 1 amide bonds. The topological polar surface area (TPSA) is 84.5 Å². The van der Waals surface area contributed by atoms with Crippen LogP contribution in [0.4, 0.5) is 0 Å². The first-order valence-corrected chi connectivity index (χ1v) is 10.7. The summed E-state index contributed by atoms with van der Waals surface area (Å²) < 4.78 is 32.6. The van der Waals surface area contributed by atoms with Crippen LogP contribution in [0.3, 0.4) is 0 Å². The zero-order valence-corrected chi connectivity index (χ0v) is 17.6. The average molecular weight is 405 g/mol. The molecular formula is C21H28N2O4S. The lowest BCUT2D eigenvalue weighted by Crippen LogP contribution is -2.34. The Balaban J connectivity index is 1.85. The van der Waals surface area contributed by atoms with Gasteiger partial charge in [0.2, 0.25) is 10.0 Å². The molecule has 2 aromatic carbocycles. The number of sulfonamides is 1. The Morgan fingerprint density at radius 3 is 2.11 bits per heavy atom. The lowest BCUT2D eigenvalue weighted by atomic mass is 9.87. The van der Waals surface area contributed by atoms with Gasteiger partial charge in [-0.05, 0) is 54.3 Å². The van der Waals surface area contributed by atoms with Crippen LogP contribution in [0.5, 0.6) is 5.75 Å². The van der Waals surface area contributed by atoms with Gasteiger partial charge in [0.05, 0.1) is 11.5 Å². The fourth-order valence-corrected chi connectivity index (χ4v) is 3.58. The van der Waals surface area contributed by atoms with Gasteiger partial charge in [-0.2, -0.15) is 0 Å². The molecule has 0 aliphatic heterocycles. The van der Waals surface area contributed by atoms with Crippen molar-refractivity contribution < 1.29 is 17.9 Å². The van der Waals surface area contributed by atoms with Gasteiger partial charge in [0.15, 0.2) is 0 Å². The maximum atomic E-state index is 12.4. The van der Waals surface area contributed by atoms with Gasteiger partial charge in [-0.15, -0.1) is 0 Å². The second kappa shape index (κ2) is 9.21. The molecule has 0 saturated heterocycles. The highest BCUT2D eigenvalue weighted by atomic mass is 32.2. The SMILES string of the molecule is CCOc1ccc(C(=O)NCCNS(=O)(=O)c2ccc(C(C)(C)C)cc2)cc1. The van der Waals surface area contributed by atoms with E-state index in [0.717, 1.165) is 5.56 Å². The van der Waals surface area contributed by atoms with E-state index in [1.54, 1.807) is 36.4 Å². The van der Waals surface area contributed by atoms with Gasteiger partial charge in [0, 0.05) is 18.7 Å². The largest absolute Gasteiger partial charge is 0.494 e. The third-order valence-electron chi connectivity index (χ3n) is 4.16. The summed E-state index contributed by atoms with van der Waals surface area (Å²) in [6.07, 6.45) is 0. The monoisotopic (exact) mass is 404 g/mol. The normalized spacial score (nSPS) is 11.9. The quantitative estimate of drug-likeness (QED) is 0.662. The predicted octanol–water partition coefficient (Wildman–Crippen LogP) is 3.09. The first-order valence-electron chi connectivity index (χ1n) is 9.25. The van der Waals surface area contributed by atoms with Gasteiger partial charge < -0.3 is 10.1 Å². The number of nitrogens with one attached hydrogen (secondary N) is 2. The van der Waals surface area contributed by atoms with Crippen LogP contribution in [0.1, 0.15) is 43.6 Å². The van der Waals surface area contributed by atoms with Gasteiger partial charge in [0.25, 0.3) is 5.91 Å². The van der Waals surface area contributed by atoms with Crippen molar-refractivity contribution in [1.29, 1.82) is 0 Å². The van der Waals surface area contributed by atoms with Crippen LogP contribution in [0.25, 0.3) is 0 Å². The average Bonchev–Trinajstić information content (AvgIpc) is 2.65. The minimum atomic E-state index is -3.61. The molecule has 0 aromatic heterocycles. The van der Waals surface area contributed by atoms with Gasteiger partial charge >= 0.3 is 0 Å². The molecule has 7 heteroatoms. The van der Waals surface area contributed by atoms with Crippen molar-refractivity contribution in [2.24, 2.45) is 0 Å². The lowest BCUT2D eigenvalue weighted by molar-refractivity contribution is 0.0954. The number of rotatable bonds is 8. The minimum absolute atomic E-state index is 0.0408. The Labute approximate surface area is 167 Å². The Morgan fingerprint density at radius 2 is 1.57 bits per heavy atom. The van der Waals surface area contributed by atoms with Crippen molar-refractivity contribution in [3.8, 4) is 5.75 Å². The summed E-state index contributed by atoms with van der Waals surface area (Å²) in [6.45, 7) is 8.95. The zero-order chi connectivity index (χ0) is 20.8. The van der Waals surface area contributed by atoms with E-state index in [0.29, 0.717) is 17.9 Å². The first kappa shape index (κ1) is 21.9. The molecule has 0 fully saturated rings. The Kier molecular flexibility index (Phi) is 7.21. The molecule has 6 nitrogen and oxygen atoms in total. The molecule has 28 heavy (non-hydrogen) atoms. The van der Waals surface area contributed by atoms with Crippen molar-refractivity contribution in [3.05, 3.63) is 59.7 Å². The van der Waals surface area contributed by atoms with Crippen LogP contribution in [-0.2, 0) is 15.4 Å². The Morgan fingerprint density at radius 1 is 0.964 bits per heavy atom. The van der Waals surface area contributed by atoms with Crippen LogP contribution in [-0.4, -0.2) is 34.0 Å². The summed E-state index contributed by atoms with van der Waals surface area (Å²) >= 11 is 0. The number of hydrogen-bond donors (Lipinski definition) is 2. The van der Waals surface area contributed by atoms with E-state index in [1.165, 1.54) is 0 Å². The number of carbonyl (C=O) groups is 1. The fourth-order valence-electron chi connectivity index (χ4n) is 2.55. The standard InChI is InChI=1S/C21H28N2O4S/c1-5-27-18-10-6-16(7-11-18)20(24)22-14-15-23-28(25,26)19-12-8-17(9-13-19)21(2,3)4/h6-13,23H,5,14-15H2,1-4H3,(H,22,24). The van der Waals surface area contributed by atoms with Crippen molar-refractivity contribution in [2.75, 3.05) is 19.7 Å². The number of benzene rings is 2. The number of amides is 1. The van der Waals surface area contributed by atoms with E-state index >= 15 is 0 Å². The smallest absolute Gasteiger partial charge is 0.251 e. The van der Waals surface area contributed by atoms with E-state index in [1.807, 2.05) is 19.1 Å². The van der Waals surface area contributed by atoms with Crippen LogP contribution >= 0.6 is 0 Å². The van der Waals surface area contributed by atoms with E-state index in [-0.39, 0.29) is 29.3 Å². The Bertz CT molecular complexity index is 883. The molecule has 0 saturated carbocycles. The van der Waals surface area contributed by atoms with E-state index in [2.05, 4.69) is 30.8 Å². The zero-order valence-electron chi connectivity index (χ0n) is 16.8. The van der Waals surface area contributed by atoms with Crippen LogP contribution in [0.2, 0.25) is 0 Å². The van der Waals surface area contributed by atoms with E-state index < -0.39 is 10.0 Å². The third kappa shape index (κ3) is 6.07. The van der Waals surface area contributed by atoms with Crippen LogP contribution in [0, 0.1) is 0 Å². The molecule has 0 bridgehead atoms. The maximum Gasteiger partial charge on any atom is 0.251 e. The molecule has 0 atom stereocenters. The van der Waals surface area contributed by atoms with Crippen molar-refractivity contribution in [1.82, 2.24) is 10.0 Å². The summed E-state index contributed by atoms with van der Waals surface area (Å²) in [5, 5.41) is 2.70. The number of carbonyl (C=O) groups excluding carboxylic acids is 1. The molecule has 152 valence electrons. The molecule has 0 unspecified atom stereocenters. The minimum Gasteiger partial charge on any atom is -0.494 e. The van der Waals surface area contributed by atoms with Crippen molar-refractivity contribution >= 4 is 15.9 Å². The molecular weight excluding hydrogens is 376 g/mol.